The van der Waals surface area contributed by atoms with Crippen LogP contribution in [0.15, 0.2) is 57.8 Å². The van der Waals surface area contributed by atoms with Gasteiger partial charge in [-0.1, -0.05) is 12.1 Å². The molecule has 9 heteroatoms. The maximum absolute atomic E-state index is 12.7. The predicted molar refractivity (Wildman–Crippen MR) is 116 cm³/mol. The molecule has 1 heterocycles. The van der Waals surface area contributed by atoms with Crippen LogP contribution >= 0.6 is 11.8 Å². The molecule has 1 amide bonds. The summed E-state index contributed by atoms with van der Waals surface area (Å²) in [5.41, 5.74) is 1.10. The molecule has 0 radical (unpaired) electrons. The number of esters is 1. The van der Waals surface area contributed by atoms with Crippen LogP contribution in [0.3, 0.4) is 0 Å². The molecular formula is C22H23N3O5S. The van der Waals surface area contributed by atoms with E-state index < -0.39 is 12.1 Å². The lowest BCUT2D eigenvalue weighted by Crippen LogP contribution is -2.23. The number of carbonyl (C=O) groups is 2. The molecule has 0 unspecified atom stereocenters. The van der Waals surface area contributed by atoms with Crippen LogP contribution in [-0.2, 0) is 9.53 Å². The molecular weight excluding hydrogens is 418 g/mol. The van der Waals surface area contributed by atoms with Gasteiger partial charge in [0, 0.05) is 24.6 Å². The van der Waals surface area contributed by atoms with Crippen molar-refractivity contribution in [1.82, 2.24) is 15.1 Å². The molecule has 0 aliphatic carbocycles. The molecule has 8 nitrogen and oxygen atoms in total. The topological polar surface area (TPSA) is 94.8 Å². The second-order valence-electron chi connectivity index (χ2n) is 6.79. The minimum Gasteiger partial charge on any atom is -0.497 e. The van der Waals surface area contributed by atoms with Crippen molar-refractivity contribution < 1.29 is 23.5 Å². The fourth-order valence-electron chi connectivity index (χ4n) is 2.55. The van der Waals surface area contributed by atoms with E-state index >= 15 is 0 Å². The summed E-state index contributed by atoms with van der Waals surface area (Å²) in [7, 11) is 4.97. The SMILES string of the molecule is COc1ccc(-c2nnc([C@@H](C)OC(=O)c3ccccc3SCC(=O)N(C)C)o2)cc1. The average Bonchev–Trinajstić information content (AvgIpc) is 3.28. The number of methoxy groups -OCH3 is 1. The Balaban J connectivity index is 1.68. The van der Waals surface area contributed by atoms with Gasteiger partial charge in [0.05, 0.1) is 18.4 Å². The zero-order chi connectivity index (χ0) is 22.4. The summed E-state index contributed by atoms with van der Waals surface area (Å²) in [6, 6.07) is 14.2. The summed E-state index contributed by atoms with van der Waals surface area (Å²) >= 11 is 1.29. The van der Waals surface area contributed by atoms with E-state index in [2.05, 4.69) is 10.2 Å². The zero-order valence-corrected chi connectivity index (χ0v) is 18.5. The van der Waals surface area contributed by atoms with E-state index in [0.29, 0.717) is 16.3 Å². The average molecular weight is 442 g/mol. The zero-order valence-electron chi connectivity index (χ0n) is 17.7. The molecule has 0 spiro atoms. The van der Waals surface area contributed by atoms with Gasteiger partial charge in [0.2, 0.25) is 11.8 Å². The molecule has 3 aromatic rings. The lowest BCUT2D eigenvalue weighted by molar-refractivity contribution is -0.125. The van der Waals surface area contributed by atoms with Gasteiger partial charge in [0.25, 0.3) is 5.89 Å². The Morgan fingerprint density at radius 3 is 2.48 bits per heavy atom. The van der Waals surface area contributed by atoms with Crippen molar-refractivity contribution in [2.75, 3.05) is 27.0 Å². The first-order valence-corrected chi connectivity index (χ1v) is 10.5. The summed E-state index contributed by atoms with van der Waals surface area (Å²) in [5, 5.41) is 8.03. The van der Waals surface area contributed by atoms with E-state index in [0.717, 1.165) is 11.3 Å². The van der Waals surface area contributed by atoms with Crippen LogP contribution in [0, 0.1) is 0 Å². The first-order chi connectivity index (χ1) is 14.9. The maximum Gasteiger partial charge on any atom is 0.340 e. The van der Waals surface area contributed by atoms with E-state index in [1.807, 2.05) is 6.07 Å². The molecule has 31 heavy (non-hydrogen) atoms. The third kappa shape index (κ3) is 5.64. The molecule has 2 aromatic carbocycles. The molecule has 1 atom stereocenters. The maximum atomic E-state index is 12.7. The Labute approximate surface area is 184 Å². The van der Waals surface area contributed by atoms with Gasteiger partial charge in [-0.2, -0.15) is 0 Å². The molecule has 0 fully saturated rings. The molecule has 0 N–H and O–H groups in total. The van der Waals surface area contributed by atoms with Gasteiger partial charge >= 0.3 is 5.97 Å². The van der Waals surface area contributed by atoms with Crippen molar-refractivity contribution in [3.8, 4) is 17.2 Å². The highest BCUT2D eigenvalue weighted by atomic mass is 32.2. The number of hydrogen-bond donors (Lipinski definition) is 0. The van der Waals surface area contributed by atoms with Crippen LogP contribution in [0.4, 0.5) is 0 Å². The number of nitrogens with zero attached hydrogens (tertiary/aromatic N) is 3. The lowest BCUT2D eigenvalue weighted by Gasteiger charge is -2.13. The molecule has 0 aliphatic rings. The molecule has 162 valence electrons. The fraction of sp³-hybridized carbons (Fsp3) is 0.273. The van der Waals surface area contributed by atoms with Gasteiger partial charge < -0.3 is 18.8 Å². The van der Waals surface area contributed by atoms with Crippen LogP contribution in [0.2, 0.25) is 0 Å². The standard InChI is InChI=1S/C22H23N3O5S/c1-14(20-23-24-21(30-20)15-9-11-16(28-4)12-10-15)29-22(27)17-7-5-6-8-18(17)31-13-19(26)25(2)3/h5-12,14H,13H2,1-4H3/t14-/m1/s1. The third-order valence-electron chi connectivity index (χ3n) is 4.37. The Morgan fingerprint density at radius 1 is 1.10 bits per heavy atom. The summed E-state index contributed by atoms with van der Waals surface area (Å²) < 4.78 is 16.4. The highest BCUT2D eigenvalue weighted by Crippen LogP contribution is 2.27. The van der Waals surface area contributed by atoms with Crippen molar-refractivity contribution in [3.05, 3.63) is 60.0 Å². The second-order valence-corrected chi connectivity index (χ2v) is 7.81. The van der Waals surface area contributed by atoms with Crippen LogP contribution in [0.25, 0.3) is 11.5 Å². The number of benzene rings is 2. The van der Waals surface area contributed by atoms with Gasteiger partial charge in [-0.05, 0) is 43.3 Å². The van der Waals surface area contributed by atoms with Crippen molar-refractivity contribution in [2.45, 2.75) is 17.9 Å². The number of hydrogen-bond acceptors (Lipinski definition) is 8. The minimum absolute atomic E-state index is 0.0431. The molecule has 0 saturated heterocycles. The Kier molecular flexibility index (Phi) is 7.30. The number of amides is 1. The summed E-state index contributed by atoms with van der Waals surface area (Å²) in [4.78, 5) is 26.8. The largest absolute Gasteiger partial charge is 0.497 e. The Hall–Kier alpha value is -3.33. The van der Waals surface area contributed by atoms with Gasteiger partial charge in [0.15, 0.2) is 6.10 Å². The van der Waals surface area contributed by atoms with E-state index in [1.54, 1.807) is 70.6 Å². The highest BCUT2D eigenvalue weighted by molar-refractivity contribution is 8.00. The smallest absolute Gasteiger partial charge is 0.340 e. The van der Waals surface area contributed by atoms with E-state index in [-0.39, 0.29) is 17.6 Å². The number of aromatic nitrogens is 2. The van der Waals surface area contributed by atoms with E-state index in [4.69, 9.17) is 13.9 Å². The lowest BCUT2D eigenvalue weighted by atomic mass is 10.2. The Morgan fingerprint density at radius 2 is 1.81 bits per heavy atom. The number of rotatable bonds is 8. The number of carbonyl (C=O) groups excluding carboxylic acids is 2. The van der Waals surface area contributed by atoms with Gasteiger partial charge in [-0.3, -0.25) is 4.79 Å². The summed E-state index contributed by atoms with van der Waals surface area (Å²) in [6.45, 7) is 1.66. The molecule has 0 saturated carbocycles. The van der Waals surface area contributed by atoms with Crippen LogP contribution < -0.4 is 4.74 Å². The van der Waals surface area contributed by atoms with Crippen molar-refractivity contribution >= 4 is 23.6 Å². The first-order valence-electron chi connectivity index (χ1n) is 9.50. The molecule has 0 aliphatic heterocycles. The van der Waals surface area contributed by atoms with E-state index in [9.17, 15) is 9.59 Å². The van der Waals surface area contributed by atoms with Gasteiger partial charge in [-0.25, -0.2) is 4.79 Å². The minimum atomic E-state index is -0.742. The highest BCUT2D eigenvalue weighted by Gasteiger charge is 2.22. The number of thioether (sulfide) groups is 1. The fourth-order valence-corrected chi connectivity index (χ4v) is 3.57. The van der Waals surface area contributed by atoms with Crippen molar-refractivity contribution in [3.63, 3.8) is 0 Å². The molecule has 1 aromatic heterocycles. The first kappa shape index (κ1) is 22.4. The van der Waals surface area contributed by atoms with Crippen LogP contribution in [0.1, 0.15) is 29.3 Å². The van der Waals surface area contributed by atoms with Crippen molar-refractivity contribution in [1.29, 1.82) is 0 Å². The monoisotopic (exact) mass is 441 g/mol. The molecule has 3 rings (SSSR count). The Bertz CT molecular complexity index is 1050. The van der Waals surface area contributed by atoms with Gasteiger partial charge in [-0.15, -0.1) is 22.0 Å². The summed E-state index contributed by atoms with van der Waals surface area (Å²) in [5.74, 6) is 0.873. The molecule has 0 bridgehead atoms. The normalized spacial score (nSPS) is 11.6. The second kappa shape index (κ2) is 10.1. The number of ether oxygens (including phenoxy) is 2. The van der Waals surface area contributed by atoms with Crippen molar-refractivity contribution in [2.24, 2.45) is 0 Å². The van der Waals surface area contributed by atoms with Gasteiger partial charge in [0.1, 0.15) is 5.75 Å². The third-order valence-corrected chi connectivity index (χ3v) is 5.42. The quantitative estimate of drug-likeness (QED) is 0.384. The van der Waals surface area contributed by atoms with Crippen LogP contribution in [0.5, 0.6) is 5.75 Å². The predicted octanol–water partition coefficient (Wildman–Crippen LogP) is 3.84. The van der Waals surface area contributed by atoms with Crippen LogP contribution in [-0.4, -0.2) is 53.9 Å². The van der Waals surface area contributed by atoms with E-state index in [1.165, 1.54) is 16.7 Å². The summed E-state index contributed by atoms with van der Waals surface area (Å²) in [6.07, 6.45) is -0.742.